The van der Waals surface area contributed by atoms with Gasteiger partial charge in [0.15, 0.2) is 0 Å². The van der Waals surface area contributed by atoms with Gasteiger partial charge in [-0.2, -0.15) is 0 Å². The van der Waals surface area contributed by atoms with Gasteiger partial charge in [-0.25, -0.2) is 9.78 Å². The summed E-state index contributed by atoms with van der Waals surface area (Å²) >= 11 is 0. The van der Waals surface area contributed by atoms with E-state index in [0.717, 1.165) is 36.3 Å². The van der Waals surface area contributed by atoms with Crippen molar-refractivity contribution in [2.24, 2.45) is 0 Å². The highest BCUT2D eigenvalue weighted by Crippen LogP contribution is 2.30. The molecule has 2 heterocycles. The van der Waals surface area contributed by atoms with Gasteiger partial charge >= 0.3 is 5.97 Å². The molecule has 2 aromatic rings. The zero-order valence-corrected chi connectivity index (χ0v) is 10.5. The highest BCUT2D eigenvalue weighted by atomic mass is 16.5. The van der Waals surface area contributed by atoms with Gasteiger partial charge in [-0.3, -0.25) is 0 Å². The number of fused-ring (bicyclic) bond motifs is 1. The van der Waals surface area contributed by atoms with Crippen LogP contribution in [0.15, 0.2) is 22.6 Å². The quantitative estimate of drug-likeness (QED) is 0.897. The Morgan fingerprint density at radius 2 is 2.26 bits per heavy atom. The second kappa shape index (κ2) is 4.42. The fourth-order valence-corrected chi connectivity index (χ4v) is 2.21. The van der Waals surface area contributed by atoms with E-state index in [4.69, 9.17) is 14.3 Å². The van der Waals surface area contributed by atoms with Crippen molar-refractivity contribution in [2.45, 2.75) is 19.8 Å². The minimum Gasteiger partial charge on any atom is -0.493 e. The van der Waals surface area contributed by atoms with Crippen LogP contribution in [-0.2, 0) is 6.42 Å². The average molecular weight is 259 g/mol. The molecule has 0 bridgehead atoms. The molecule has 3 rings (SSSR count). The number of aryl methyl sites for hydroxylation is 2. The highest BCUT2D eigenvalue weighted by Gasteiger charge is 2.18. The molecule has 5 heteroatoms. The Bertz CT molecular complexity index is 645. The summed E-state index contributed by atoms with van der Waals surface area (Å²) in [5.41, 5.74) is 2.27. The van der Waals surface area contributed by atoms with Gasteiger partial charge in [0.25, 0.3) is 0 Å². The van der Waals surface area contributed by atoms with Crippen molar-refractivity contribution in [3.8, 4) is 17.2 Å². The summed E-state index contributed by atoms with van der Waals surface area (Å²) < 4.78 is 10.8. The first-order valence-electron chi connectivity index (χ1n) is 6.12. The van der Waals surface area contributed by atoms with Crippen LogP contribution in [0.4, 0.5) is 0 Å². The molecule has 1 aromatic heterocycles. The van der Waals surface area contributed by atoms with Crippen LogP contribution in [0.3, 0.4) is 0 Å². The first kappa shape index (κ1) is 11.8. The number of hydrogen-bond donors (Lipinski definition) is 1. The first-order chi connectivity index (χ1) is 9.15. The van der Waals surface area contributed by atoms with Crippen molar-refractivity contribution in [1.82, 2.24) is 4.98 Å². The normalized spacial score (nSPS) is 13.7. The number of aromatic carboxylic acids is 1. The number of oxazole rings is 1. The van der Waals surface area contributed by atoms with E-state index in [0.29, 0.717) is 11.6 Å². The Kier molecular flexibility index (Phi) is 2.74. The van der Waals surface area contributed by atoms with Gasteiger partial charge < -0.3 is 14.3 Å². The second-order valence-electron chi connectivity index (χ2n) is 4.51. The predicted octanol–water partition coefficient (Wildman–Crippen LogP) is 2.67. The number of carboxylic acid groups (broad SMARTS) is 1. The Morgan fingerprint density at radius 3 is 3.00 bits per heavy atom. The molecule has 1 aliphatic rings. The Labute approximate surface area is 109 Å². The van der Waals surface area contributed by atoms with Crippen molar-refractivity contribution in [3.05, 3.63) is 35.2 Å². The van der Waals surface area contributed by atoms with Crippen molar-refractivity contribution >= 4 is 5.97 Å². The number of benzene rings is 1. The zero-order chi connectivity index (χ0) is 13.4. The molecule has 1 aromatic carbocycles. The summed E-state index contributed by atoms with van der Waals surface area (Å²) in [5.74, 6) is 0.0153. The van der Waals surface area contributed by atoms with E-state index in [1.807, 2.05) is 18.2 Å². The van der Waals surface area contributed by atoms with E-state index in [2.05, 4.69) is 4.98 Å². The van der Waals surface area contributed by atoms with Gasteiger partial charge in [-0.15, -0.1) is 0 Å². The number of hydrogen-bond acceptors (Lipinski definition) is 4. The van der Waals surface area contributed by atoms with E-state index in [-0.39, 0.29) is 5.76 Å². The van der Waals surface area contributed by atoms with E-state index in [1.54, 1.807) is 6.92 Å². The Hall–Kier alpha value is -2.30. The van der Waals surface area contributed by atoms with Crippen LogP contribution < -0.4 is 4.74 Å². The minimum absolute atomic E-state index is 0.107. The molecule has 0 amide bonds. The van der Waals surface area contributed by atoms with E-state index >= 15 is 0 Å². The van der Waals surface area contributed by atoms with Crippen LogP contribution in [-0.4, -0.2) is 22.7 Å². The number of carboxylic acids is 1. The molecule has 5 nitrogen and oxygen atoms in total. The molecule has 0 atom stereocenters. The summed E-state index contributed by atoms with van der Waals surface area (Å²) in [6.45, 7) is 2.37. The fraction of sp³-hybridized carbons (Fsp3) is 0.286. The maximum Gasteiger partial charge on any atom is 0.373 e. The van der Waals surface area contributed by atoms with Crippen LogP contribution in [0.2, 0.25) is 0 Å². The topological polar surface area (TPSA) is 72.6 Å². The standard InChI is InChI=1S/C14H13NO4/c1-8-12(14(16)17)19-13(15-8)10-4-5-11-9(7-10)3-2-6-18-11/h4-5,7H,2-3,6H2,1H3,(H,16,17). The molecule has 1 N–H and O–H groups in total. The van der Waals surface area contributed by atoms with Crippen molar-refractivity contribution in [1.29, 1.82) is 0 Å². The second-order valence-corrected chi connectivity index (χ2v) is 4.51. The SMILES string of the molecule is Cc1nc(-c2ccc3c(c2)CCCO3)oc1C(=O)O. The lowest BCUT2D eigenvalue weighted by Crippen LogP contribution is -2.08. The smallest absolute Gasteiger partial charge is 0.373 e. The van der Waals surface area contributed by atoms with Crippen LogP contribution in [0.25, 0.3) is 11.5 Å². The van der Waals surface area contributed by atoms with Crippen molar-refractivity contribution < 1.29 is 19.1 Å². The van der Waals surface area contributed by atoms with Gasteiger partial charge in [-0.1, -0.05) is 0 Å². The molecule has 1 aliphatic heterocycles. The van der Waals surface area contributed by atoms with Gasteiger partial charge in [0.1, 0.15) is 5.75 Å². The maximum atomic E-state index is 10.9. The third-order valence-corrected chi connectivity index (χ3v) is 3.15. The molecular formula is C14H13NO4. The Balaban J connectivity index is 2.02. The third-order valence-electron chi connectivity index (χ3n) is 3.15. The molecule has 0 fully saturated rings. The van der Waals surface area contributed by atoms with Crippen molar-refractivity contribution in [3.63, 3.8) is 0 Å². The van der Waals surface area contributed by atoms with Gasteiger partial charge in [-0.05, 0) is 43.5 Å². The summed E-state index contributed by atoms with van der Waals surface area (Å²) in [6, 6.07) is 5.66. The molecule has 0 unspecified atom stereocenters. The molecule has 0 spiro atoms. The minimum atomic E-state index is -1.10. The molecular weight excluding hydrogens is 246 g/mol. The lowest BCUT2D eigenvalue weighted by molar-refractivity contribution is 0.0662. The van der Waals surface area contributed by atoms with Crippen LogP contribution >= 0.6 is 0 Å². The summed E-state index contributed by atoms with van der Waals surface area (Å²) in [7, 11) is 0. The number of aromatic nitrogens is 1. The van der Waals surface area contributed by atoms with Crippen molar-refractivity contribution in [2.75, 3.05) is 6.61 Å². The molecule has 0 saturated heterocycles. The number of rotatable bonds is 2. The molecule has 19 heavy (non-hydrogen) atoms. The summed E-state index contributed by atoms with van der Waals surface area (Å²) in [6.07, 6.45) is 1.94. The lowest BCUT2D eigenvalue weighted by Gasteiger charge is -2.17. The number of ether oxygens (including phenoxy) is 1. The predicted molar refractivity (Wildman–Crippen MR) is 67.5 cm³/mol. The zero-order valence-electron chi connectivity index (χ0n) is 10.5. The van der Waals surface area contributed by atoms with Crippen LogP contribution in [0, 0.1) is 6.92 Å². The number of nitrogens with zero attached hydrogens (tertiary/aromatic N) is 1. The van der Waals surface area contributed by atoms with Gasteiger partial charge in [0.05, 0.1) is 12.3 Å². The lowest BCUT2D eigenvalue weighted by atomic mass is 10.0. The van der Waals surface area contributed by atoms with Crippen LogP contribution in [0.5, 0.6) is 5.75 Å². The van der Waals surface area contributed by atoms with Crippen LogP contribution in [0.1, 0.15) is 28.2 Å². The summed E-state index contributed by atoms with van der Waals surface area (Å²) in [4.78, 5) is 15.1. The molecule has 0 aliphatic carbocycles. The highest BCUT2D eigenvalue weighted by molar-refractivity contribution is 5.86. The number of carbonyl (C=O) groups is 1. The molecule has 0 radical (unpaired) electrons. The molecule has 98 valence electrons. The summed E-state index contributed by atoms with van der Waals surface area (Å²) in [5, 5.41) is 8.96. The average Bonchev–Trinajstić information content (AvgIpc) is 2.80. The van der Waals surface area contributed by atoms with E-state index in [1.165, 1.54) is 0 Å². The Morgan fingerprint density at radius 1 is 1.42 bits per heavy atom. The van der Waals surface area contributed by atoms with E-state index < -0.39 is 5.97 Å². The fourth-order valence-electron chi connectivity index (χ4n) is 2.21. The third kappa shape index (κ3) is 2.07. The van der Waals surface area contributed by atoms with E-state index in [9.17, 15) is 4.79 Å². The monoisotopic (exact) mass is 259 g/mol. The first-order valence-corrected chi connectivity index (χ1v) is 6.12. The van der Waals surface area contributed by atoms with Gasteiger partial charge in [0, 0.05) is 5.56 Å². The molecule has 0 saturated carbocycles. The van der Waals surface area contributed by atoms with Gasteiger partial charge in [0.2, 0.25) is 11.7 Å². The maximum absolute atomic E-state index is 10.9. The largest absolute Gasteiger partial charge is 0.493 e.